The first-order valence-electron chi connectivity index (χ1n) is 11.1. The fraction of sp³-hybridized carbons (Fsp3) is 0.500. The number of aliphatic hydroxyl groups excluding tert-OH is 2. The fourth-order valence-electron chi connectivity index (χ4n) is 4.27. The molecule has 6 nitrogen and oxygen atoms in total. The summed E-state index contributed by atoms with van der Waals surface area (Å²) < 4.78 is 11.7. The van der Waals surface area contributed by atoms with E-state index in [0.717, 1.165) is 86.1 Å². The molecule has 2 aliphatic rings. The lowest BCUT2D eigenvalue weighted by molar-refractivity contribution is 0.271. The summed E-state index contributed by atoms with van der Waals surface area (Å²) in [5.41, 5.74) is 2.88. The maximum Gasteiger partial charge on any atom is 0.151 e. The Hall–Kier alpha value is -1.74. The van der Waals surface area contributed by atoms with Crippen LogP contribution >= 0.6 is 23.5 Å². The zero-order chi connectivity index (χ0) is 22.8. The minimum Gasteiger partial charge on any atom is -0.495 e. The topological polar surface area (TPSA) is 83.6 Å². The van der Waals surface area contributed by atoms with Crippen molar-refractivity contribution in [3.63, 3.8) is 0 Å². The van der Waals surface area contributed by atoms with E-state index in [1.165, 1.54) is 0 Å². The Balaban J connectivity index is 2.11. The second-order valence-electron chi connectivity index (χ2n) is 7.87. The number of aliphatic imine (C=N–C) groups is 2. The lowest BCUT2D eigenvalue weighted by Gasteiger charge is -2.29. The smallest absolute Gasteiger partial charge is 0.151 e. The van der Waals surface area contributed by atoms with Gasteiger partial charge in [-0.15, -0.1) is 0 Å². The summed E-state index contributed by atoms with van der Waals surface area (Å²) in [6.45, 7) is 3.99. The molecule has 0 fully saturated rings. The van der Waals surface area contributed by atoms with Crippen molar-refractivity contribution in [1.29, 1.82) is 0 Å². The maximum absolute atomic E-state index is 10.4. The first-order chi connectivity index (χ1) is 15.6. The summed E-state index contributed by atoms with van der Waals surface area (Å²) >= 11 is 3.21. The van der Waals surface area contributed by atoms with Crippen LogP contribution < -0.4 is 9.47 Å². The Morgan fingerprint density at radius 2 is 1.25 bits per heavy atom. The van der Waals surface area contributed by atoms with Crippen LogP contribution in [0.4, 0.5) is 11.4 Å². The van der Waals surface area contributed by atoms with Gasteiger partial charge in [0.05, 0.1) is 48.1 Å². The van der Waals surface area contributed by atoms with Gasteiger partial charge in [-0.1, -0.05) is 50.2 Å². The minimum absolute atomic E-state index is 0.155. The van der Waals surface area contributed by atoms with Crippen molar-refractivity contribution in [2.24, 2.45) is 9.98 Å². The third-order valence-electron chi connectivity index (χ3n) is 5.83. The van der Waals surface area contributed by atoms with Gasteiger partial charge >= 0.3 is 0 Å². The zero-order valence-electron chi connectivity index (χ0n) is 19.1. The summed E-state index contributed by atoms with van der Waals surface area (Å²) in [7, 11) is 3.27. The molecule has 2 aliphatic heterocycles. The van der Waals surface area contributed by atoms with Gasteiger partial charge in [-0.25, -0.2) is 9.98 Å². The monoisotopic (exact) mass is 474 g/mol. The van der Waals surface area contributed by atoms with Crippen LogP contribution in [0.25, 0.3) is 10.8 Å². The van der Waals surface area contributed by atoms with Crippen LogP contribution in [0.3, 0.4) is 0 Å². The zero-order valence-corrected chi connectivity index (χ0v) is 20.7. The molecule has 8 heteroatoms. The molecule has 0 saturated heterocycles. The largest absolute Gasteiger partial charge is 0.495 e. The molecular weight excluding hydrogens is 444 g/mol. The number of hydrogen-bond donors (Lipinski definition) is 2. The van der Waals surface area contributed by atoms with Crippen LogP contribution in [0.5, 0.6) is 11.5 Å². The average Bonchev–Trinajstić information content (AvgIpc) is 2.82. The molecule has 0 amide bonds. The predicted octanol–water partition coefficient (Wildman–Crippen LogP) is 6.49. The molecule has 0 aliphatic carbocycles. The number of ether oxygens (including phenoxy) is 2. The molecule has 0 saturated carbocycles. The fourth-order valence-corrected chi connectivity index (χ4v) is 6.68. The molecule has 0 atom stereocenters. The Morgan fingerprint density at radius 3 is 1.78 bits per heavy atom. The number of methoxy groups -OCH3 is 2. The number of nitrogens with zero attached hydrogens (tertiary/aromatic N) is 2. The van der Waals surface area contributed by atoms with Crippen molar-refractivity contribution in [2.75, 3.05) is 14.2 Å². The van der Waals surface area contributed by atoms with E-state index in [1.807, 2.05) is 0 Å². The highest BCUT2D eigenvalue weighted by molar-refractivity contribution is 8.14. The molecule has 0 spiro atoms. The summed E-state index contributed by atoms with van der Waals surface area (Å²) in [6, 6.07) is 0. The number of benzene rings is 2. The Labute approximate surface area is 197 Å². The summed E-state index contributed by atoms with van der Waals surface area (Å²) in [5.74, 6) is 1.26. The highest BCUT2D eigenvalue weighted by Crippen LogP contribution is 2.60. The summed E-state index contributed by atoms with van der Waals surface area (Å²) in [5, 5.41) is 24.6. The van der Waals surface area contributed by atoms with E-state index in [9.17, 15) is 10.2 Å². The number of aliphatic hydroxyl groups is 2. The van der Waals surface area contributed by atoms with Crippen molar-refractivity contribution in [2.45, 2.75) is 75.4 Å². The third kappa shape index (κ3) is 3.81. The van der Waals surface area contributed by atoms with Gasteiger partial charge in [-0.3, -0.25) is 0 Å². The lowest BCUT2D eigenvalue weighted by atomic mass is 9.97. The third-order valence-corrected chi connectivity index (χ3v) is 8.14. The van der Waals surface area contributed by atoms with Crippen LogP contribution in [-0.4, -0.2) is 34.5 Å². The molecular formula is C24H30N2O4S2. The van der Waals surface area contributed by atoms with E-state index in [1.54, 1.807) is 37.7 Å². The summed E-state index contributed by atoms with van der Waals surface area (Å²) in [4.78, 5) is 11.9. The number of hydrogen-bond acceptors (Lipinski definition) is 8. The van der Waals surface area contributed by atoms with Crippen LogP contribution in [0.1, 0.15) is 63.5 Å². The lowest BCUT2D eigenvalue weighted by Crippen LogP contribution is -2.09. The Kier molecular flexibility index (Phi) is 7.34. The van der Waals surface area contributed by atoms with Gasteiger partial charge in [0.25, 0.3) is 0 Å². The molecule has 0 unspecified atom stereocenters. The highest BCUT2D eigenvalue weighted by atomic mass is 32.2. The quantitative estimate of drug-likeness (QED) is 0.409. The average molecular weight is 475 g/mol. The molecule has 32 heavy (non-hydrogen) atoms. The van der Waals surface area contributed by atoms with Crippen molar-refractivity contribution in [1.82, 2.24) is 0 Å². The van der Waals surface area contributed by atoms with Gasteiger partial charge in [-0.2, -0.15) is 0 Å². The SMILES string of the molecule is CCCCC1=Nc2c(CO)c(OC)c3c4c(c(OC)c(CO)c(c24)S1)N=C(CCCC)S3. The van der Waals surface area contributed by atoms with Crippen molar-refractivity contribution >= 4 is 55.8 Å². The van der Waals surface area contributed by atoms with Gasteiger partial charge in [0.15, 0.2) is 5.75 Å². The normalized spacial score (nSPS) is 14.4. The van der Waals surface area contributed by atoms with E-state index in [0.29, 0.717) is 17.1 Å². The van der Waals surface area contributed by atoms with E-state index in [4.69, 9.17) is 19.5 Å². The second kappa shape index (κ2) is 10.0. The highest BCUT2D eigenvalue weighted by Gasteiger charge is 2.34. The van der Waals surface area contributed by atoms with E-state index < -0.39 is 0 Å². The van der Waals surface area contributed by atoms with Crippen molar-refractivity contribution in [3.05, 3.63) is 11.1 Å². The molecule has 0 radical (unpaired) electrons. The number of thioether (sulfide) groups is 2. The van der Waals surface area contributed by atoms with E-state index >= 15 is 0 Å². The molecule has 0 aromatic heterocycles. The Bertz CT molecular complexity index is 1020. The van der Waals surface area contributed by atoms with Crippen molar-refractivity contribution < 1.29 is 19.7 Å². The maximum atomic E-state index is 10.4. The molecule has 2 heterocycles. The number of unbranched alkanes of at least 4 members (excludes halogenated alkanes) is 2. The van der Waals surface area contributed by atoms with E-state index in [2.05, 4.69) is 13.8 Å². The first-order valence-corrected chi connectivity index (χ1v) is 12.8. The standard InChI is InChI=1S/C24H30N2O4S2/c1-5-7-9-15-25-19-13(11-27)22(30-4)24-18-17(19)23(31-15)14(12-28)21(29-3)20(18)26-16(32-24)10-8-6-2/h27-28H,5-12H2,1-4H3. The predicted molar refractivity (Wildman–Crippen MR) is 134 cm³/mol. The van der Waals surface area contributed by atoms with E-state index in [-0.39, 0.29) is 13.2 Å². The van der Waals surface area contributed by atoms with Gasteiger partial charge in [0.1, 0.15) is 11.4 Å². The van der Waals surface area contributed by atoms with Crippen molar-refractivity contribution in [3.8, 4) is 11.5 Å². The molecule has 2 N–H and O–H groups in total. The van der Waals surface area contributed by atoms with Gasteiger partial charge in [-0.05, 0) is 25.7 Å². The van der Waals surface area contributed by atoms with Crippen LogP contribution in [0, 0.1) is 0 Å². The molecule has 0 bridgehead atoms. The van der Waals surface area contributed by atoms with Crippen LogP contribution in [0.2, 0.25) is 0 Å². The van der Waals surface area contributed by atoms with Gasteiger partial charge in [0.2, 0.25) is 0 Å². The Morgan fingerprint density at radius 1 is 0.719 bits per heavy atom. The first kappa shape index (κ1) is 23.4. The van der Waals surface area contributed by atoms with Gasteiger partial charge in [0, 0.05) is 26.8 Å². The second-order valence-corrected chi connectivity index (χ2v) is 10.0. The van der Waals surface area contributed by atoms with Gasteiger partial charge < -0.3 is 19.7 Å². The van der Waals surface area contributed by atoms with Crippen LogP contribution in [-0.2, 0) is 13.2 Å². The molecule has 4 rings (SSSR count). The molecule has 2 aromatic rings. The van der Waals surface area contributed by atoms with Crippen LogP contribution in [0.15, 0.2) is 19.8 Å². The number of rotatable bonds is 10. The molecule has 2 aromatic carbocycles. The molecule has 172 valence electrons. The summed E-state index contributed by atoms with van der Waals surface area (Å²) in [6.07, 6.45) is 5.90. The minimum atomic E-state index is -0.173.